The van der Waals surface area contributed by atoms with Crippen LogP contribution < -0.4 is 10.2 Å². The Kier molecular flexibility index (Phi) is 6.49. The number of thiazole rings is 1. The summed E-state index contributed by atoms with van der Waals surface area (Å²) in [7, 11) is 0. The molecule has 0 amide bonds. The van der Waals surface area contributed by atoms with Crippen molar-refractivity contribution in [2.45, 2.75) is 65.8 Å². The summed E-state index contributed by atoms with van der Waals surface area (Å²) < 4.78 is 0. The monoisotopic (exact) mass is 309 g/mol. The normalized spacial score (nSPS) is 21.3. The van der Waals surface area contributed by atoms with E-state index in [2.05, 4.69) is 37.9 Å². The predicted molar refractivity (Wildman–Crippen MR) is 93.4 cm³/mol. The zero-order valence-corrected chi connectivity index (χ0v) is 14.9. The number of aromatic nitrogens is 1. The van der Waals surface area contributed by atoms with Gasteiger partial charge >= 0.3 is 0 Å². The summed E-state index contributed by atoms with van der Waals surface area (Å²) in [6.45, 7) is 12.4. The molecule has 0 aliphatic carbocycles. The van der Waals surface area contributed by atoms with E-state index in [1.807, 2.05) is 11.3 Å². The van der Waals surface area contributed by atoms with Crippen LogP contribution in [0.3, 0.4) is 0 Å². The third-order valence-electron chi connectivity index (χ3n) is 4.61. The molecule has 1 fully saturated rings. The molecule has 1 aliphatic heterocycles. The average molecular weight is 310 g/mol. The lowest BCUT2D eigenvalue weighted by Gasteiger charge is -2.19. The fraction of sp³-hybridized carbons (Fsp3) is 0.824. The van der Waals surface area contributed by atoms with Crippen LogP contribution in [-0.4, -0.2) is 24.6 Å². The first kappa shape index (κ1) is 16.8. The van der Waals surface area contributed by atoms with Crippen molar-refractivity contribution in [1.82, 2.24) is 10.3 Å². The highest BCUT2D eigenvalue weighted by Crippen LogP contribution is 2.32. The van der Waals surface area contributed by atoms with Gasteiger partial charge in [0.25, 0.3) is 0 Å². The van der Waals surface area contributed by atoms with Gasteiger partial charge in [0.15, 0.2) is 5.13 Å². The quantitative estimate of drug-likeness (QED) is 0.837. The molecule has 1 saturated heterocycles. The number of aryl methyl sites for hydroxylation is 1. The van der Waals surface area contributed by atoms with Gasteiger partial charge in [0.1, 0.15) is 0 Å². The highest BCUT2D eigenvalue weighted by Gasteiger charge is 2.21. The maximum Gasteiger partial charge on any atom is 0.185 e. The maximum absolute atomic E-state index is 4.86. The van der Waals surface area contributed by atoms with Crippen molar-refractivity contribution < 1.29 is 0 Å². The minimum atomic E-state index is 0.423. The maximum atomic E-state index is 4.86. The van der Waals surface area contributed by atoms with E-state index in [4.69, 9.17) is 4.98 Å². The molecule has 1 aromatic heterocycles. The molecule has 3 nitrogen and oxygen atoms in total. The van der Waals surface area contributed by atoms with Crippen LogP contribution in [0.4, 0.5) is 5.13 Å². The number of hydrogen-bond acceptors (Lipinski definition) is 4. The van der Waals surface area contributed by atoms with Crippen LogP contribution >= 0.6 is 11.3 Å². The zero-order valence-electron chi connectivity index (χ0n) is 14.1. The molecule has 2 heterocycles. The standard InChI is InChI=1S/C17H31N3S/c1-5-10-18-13(3)16-14(4)19-17(21-16)20-11-7-8-15(6-2)9-12-20/h13,15,18H,5-12H2,1-4H3. The first-order valence-corrected chi connectivity index (χ1v) is 9.43. The van der Waals surface area contributed by atoms with Gasteiger partial charge in [-0.05, 0) is 52.0 Å². The number of rotatable bonds is 6. The zero-order chi connectivity index (χ0) is 15.2. The number of hydrogen-bond donors (Lipinski definition) is 1. The highest BCUT2D eigenvalue weighted by molar-refractivity contribution is 7.15. The van der Waals surface area contributed by atoms with Crippen molar-refractivity contribution in [2.75, 3.05) is 24.5 Å². The highest BCUT2D eigenvalue weighted by atomic mass is 32.1. The lowest BCUT2D eigenvalue weighted by Crippen LogP contribution is -2.24. The topological polar surface area (TPSA) is 28.2 Å². The molecule has 2 atom stereocenters. The van der Waals surface area contributed by atoms with Crippen LogP contribution in [0.1, 0.15) is 69.5 Å². The Morgan fingerprint density at radius 3 is 2.86 bits per heavy atom. The Bertz CT molecular complexity index is 430. The van der Waals surface area contributed by atoms with Gasteiger partial charge in [-0.25, -0.2) is 4.98 Å². The van der Waals surface area contributed by atoms with Crippen molar-refractivity contribution in [2.24, 2.45) is 5.92 Å². The van der Waals surface area contributed by atoms with Crippen LogP contribution in [0.5, 0.6) is 0 Å². The third-order valence-corrected chi connectivity index (χ3v) is 6.01. The van der Waals surface area contributed by atoms with Crippen LogP contribution in [0.2, 0.25) is 0 Å². The molecule has 0 radical (unpaired) electrons. The van der Waals surface area contributed by atoms with Crippen LogP contribution in [0, 0.1) is 12.8 Å². The lowest BCUT2D eigenvalue weighted by atomic mass is 9.98. The second-order valence-corrected chi connectivity index (χ2v) is 7.32. The van der Waals surface area contributed by atoms with Crippen LogP contribution in [-0.2, 0) is 0 Å². The smallest absolute Gasteiger partial charge is 0.185 e. The molecule has 0 aromatic carbocycles. The van der Waals surface area contributed by atoms with E-state index in [9.17, 15) is 0 Å². The molecular formula is C17H31N3S. The van der Waals surface area contributed by atoms with E-state index in [0.29, 0.717) is 6.04 Å². The van der Waals surface area contributed by atoms with Gasteiger partial charge in [-0.2, -0.15) is 0 Å². The summed E-state index contributed by atoms with van der Waals surface area (Å²) in [4.78, 5) is 8.79. The van der Waals surface area contributed by atoms with Gasteiger partial charge in [0.05, 0.1) is 5.69 Å². The Morgan fingerprint density at radius 2 is 2.14 bits per heavy atom. The molecule has 1 aromatic rings. The van der Waals surface area contributed by atoms with Crippen molar-refractivity contribution in [3.05, 3.63) is 10.6 Å². The second kappa shape index (κ2) is 8.14. The lowest BCUT2D eigenvalue weighted by molar-refractivity contribution is 0.459. The molecule has 4 heteroatoms. The SMILES string of the molecule is CCCNC(C)c1sc(N2CCCC(CC)CC2)nc1C. The van der Waals surface area contributed by atoms with Crippen LogP contribution in [0.15, 0.2) is 0 Å². The molecule has 2 unspecified atom stereocenters. The van der Waals surface area contributed by atoms with E-state index in [1.165, 1.54) is 60.9 Å². The molecule has 0 spiro atoms. The Morgan fingerprint density at radius 1 is 1.33 bits per heavy atom. The number of nitrogens with one attached hydrogen (secondary N) is 1. The molecule has 21 heavy (non-hydrogen) atoms. The predicted octanol–water partition coefficient (Wildman–Crippen LogP) is 4.53. The van der Waals surface area contributed by atoms with E-state index in [-0.39, 0.29) is 0 Å². The fourth-order valence-corrected chi connectivity index (χ4v) is 4.29. The van der Waals surface area contributed by atoms with E-state index < -0.39 is 0 Å². The molecule has 1 N–H and O–H groups in total. The van der Waals surface area contributed by atoms with Gasteiger partial charge in [-0.3, -0.25) is 0 Å². The van der Waals surface area contributed by atoms with Gasteiger partial charge in [0, 0.05) is 24.0 Å². The Hall–Kier alpha value is -0.610. The number of anilines is 1. The first-order valence-electron chi connectivity index (χ1n) is 8.61. The summed E-state index contributed by atoms with van der Waals surface area (Å²) in [6, 6.07) is 0.423. The van der Waals surface area contributed by atoms with E-state index in [0.717, 1.165) is 12.5 Å². The minimum absolute atomic E-state index is 0.423. The summed E-state index contributed by atoms with van der Waals surface area (Å²) >= 11 is 1.89. The van der Waals surface area contributed by atoms with Gasteiger partial charge in [0.2, 0.25) is 0 Å². The van der Waals surface area contributed by atoms with E-state index >= 15 is 0 Å². The molecule has 2 rings (SSSR count). The van der Waals surface area contributed by atoms with Crippen molar-refractivity contribution in [3.63, 3.8) is 0 Å². The summed E-state index contributed by atoms with van der Waals surface area (Å²) in [5.74, 6) is 0.917. The third kappa shape index (κ3) is 4.43. The van der Waals surface area contributed by atoms with Gasteiger partial charge in [-0.15, -0.1) is 11.3 Å². The van der Waals surface area contributed by atoms with Crippen molar-refractivity contribution >= 4 is 16.5 Å². The summed E-state index contributed by atoms with van der Waals surface area (Å²) in [5, 5.41) is 4.83. The molecule has 0 bridgehead atoms. The minimum Gasteiger partial charge on any atom is -0.348 e. The van der Waals surface area contributed by atoms with Gasteiger partial charge < -0.3 is 10.2 Å². The second-order valence-electron chi connectivity index (χ2n) is 6.31. The largest absolute Gasteiger partial charge is 0.348 e. The number of nitrogens with zero attached hydrogens (tertiary/aromatic N) is 2. The molecule has 1 aliphatic rings. The molecule has 0 saturated carbocycles. The van der Waals surface area contributed by atoms with Crippen molar-refractivity contribution in [1.29, 1.82) is 0 Å². The molecular weight excluding hydrogens is 278 g/mol. The Balaban J connectivity index is 2.03. The van der Waals surface area contributed by atoms with E-state index in [1.54, 1.807) is 0 Å². The first-order chi connectivity index (χ1) is 10.2. The van der Waals surface area contributed by atoms with Crippen molar-refractivity contribution in [3.8, 4) is 0 Å². The van der Waals surface area contributed by atoms with Gasteiger partial charge in [-0.1, -0.05) is 20.3 Å². The summed E-state index contributed by atoms with van der Waals surface area (Å²) in [6.07, 6.45) is 6.54. The Labute approximate surface area is 134 Å². The van der Waals surface area contributed by atoms with Crippen LogP contribution in [0.25, 0.3) is 0 Å². The average Bonchev–Trinajstić information content (AvgIpc) is 2.73. The molecule has 120 valence electrons. The summed E-state index contributed by atoms with van der Waals surface area (Å²) in [5.41, 5.74) is 1.21. The fourth-order valence-electron chi connectivity index (χ4n) is 3.15.